The molecular formula is C16H14BrNO5. The number of halogens is 1. The molecule has 7 heteroatoms. The highest BCUT2D eigenvalue weighted by atomic mass is 79.9. The van der Waals surface area contributed by atoms with E-state index in [1.807, 2.05) is 0 Å². The molecule has 1 aromatic carbocycles. The van der Waals surface area contributed by atoms with Crippen molar-refractivity contribution in [2.24, 2.45) is 0 Å². The monoisotopic (exact) mass is 379 g/mol. The van der Waals surface area contributed by atoms with Gasteiger partial charge in [-0.25, -0.2) is 4.79 Å². The van der Waals surface area contributed by atoms with Crippen LogP contribution in [-0.2, 0) is 14.3 Å². The van der Waals surface area contributed by atoms with Crippen LogP contribution in [0.3, 0.4) is 0 Å². The quantitative estimate of drug-likeness (QED) is 0.583. The van der Waals surface area contributed by atoms with E-state index in [1.165, 1.54) is 12.0 Å². The number of ether oxygens (including phenoxy) is 3. The molecule has 0 N–H and O–H groups in total. The van der Waals surface area contributed by atoms with E-state index >= 15 is 0 Å². The molecule has 0 radical (unpaired) electrons. The number of allylic oxidation sites excluding steroid dienone is 1. The first-order chi connectivity index (χ1) is 10.9. The normalized spacial score (nSPS) is 18.2. The number of fused-ring (bicyclic) bond motifs is 1. The maximum atomic E-state index is 12.4. The number of hydrogen-bond donors (Lipinski definition) is 0. The van der Waals surface area contributed by atoms with E-state index in [9.17, 15) is 9.59 Å². The minimum Gasteiger partial charge on any atom is -0.465 e. The summed E-state index contributed by atoms with van der Waals surface area (Å²) in [5.41, 5.74) is 1.83. The number of benzene rings is 1. The second kappa shape index (κ2) is 5.73. The topological polar surface area (TPSA) is 65.1 Å². The van der Waals surface area contributed by atoms with Crippen LogP contribution in [0, 0.1) is 0 Å². The van der Waals surface area contributed by atoms with E-state index in [0.717, 1.165) is 4.47 Å². The van der Waals surface area contributed by atoms with E-state index in [-0.39, 0.29) is 23.8 Å². The molecule has 1 amide bonds. The van der Waals surface area contributed by atoms with Gasteiger partial charge in [-0.05, 0) is 30.7 Å². The second-order valence-electron chi connectivity index (χ2n) is 5.10. The van der Waals surface area contributed by atoms with Crippen LogP contribution in [0.15, 0.2) is 33.4 Å². The average Bonchev–Trinajstić information content (AvgIpc) is 3.06. The lowest BCUT2D eigenvalue weighted by Gasteiger charge is -2.09. The van der Waals surface area contributed by atoms with Crippen LogP contribution < -0.4 is 9.47 Å². The van der Waals surface area contributed by atoms with Crippen molar-refractivity contribution in [2.75, 3.05) is 21.0 Å². The minimum absolute atomic E-state index is 0.163. The Balaban J connectivity index is 2.11. The molecule has 0 unspecified atom stereocenters. The van der Waals surface area contributed by atoms with Crippen LogP contribution in [0.4, 0.5) is 0 Å². The fraction of sp³-hybridized carbons (Fsp3) is 0.250. The number of rotatable bonds is 2. The maximum absolute atomic E-state index is 12.4. The molecule has 0 bridgehead atoms. The van der Waals surface area contributed by atoms with Gasteiger partial charge in [-0.2, -0.15) is 0 Å². The highest BCUT2D eigenvalue weighted by Crippen LogP contribution is 2.39. The standard InChI is InChI=1S/C16H14BrNO5/c1-8-14(16(20)21-3)10(15(19)18(8)2)4-9-5-12-13(6-11(9)17)23-7-22-12/h4-6H,7H2,1-3H3/b10-4-. The van der Waals surface area contributed by atoms with Gasteiger partial charge in [0.15, 0.2) is 11.5 Å². The average molecular weight is 380 g/mol. The summed E-state index contributed by atoms with van der Waals surface area (Å²) in [7, 11) is 2.91. The molecule has 6 nitrogen and oxygen atoms in total. The third-order valence-corrected chi connectivity index (χ3v) is 4.54. The highest BCUT2D eigenvalue weighted by Gasteiger charge is 2.35. The molecule has 3 rings (SSSR count). The van der Waals surface area contributed by atoms with Crippen molar-refractivity contribution in [2.45, 2.75) is 6.92 Å². The predicted molar refractivity (Wildman–Crippen MR) is 85.7 cm³/mol. The Bertz CT molecular complexity index is 781. The second-order valence-corrected chi connectivity index (χ2v) is 5.96. The zero-order valence-electron chi connectivity index (χ0n) is 12.8. The third-order valence-electron chi connectivity index (χ3n) is 3.85. The Labute approximate surface area is 141 Å². The van der Waals surface area contributed by atoms with Crippen LogP contribution >= 0.6 is 15.9 Å². The van der Waals surface area contributed by atoms with E-state index in [0.29, 0.717) is 22.8 Å². The van der Waals surface area contributed by atoms with Crippen LogP contribution in [0.25, 0.3) is 6.08 Å². The summed E-state index contributed by atoms with van der Waals surface area (Å²) in [5, 5.41) is 0. The summed E-state index contributed by atoms with van der Waals surface area (Å²) in [5.74, 6) is 0.434. The summed E-state index contributed by atoms with van der Waals surface area (Å²) in [6.45, 7) is 1.87. The third kappa shape index (κ3) is 2.50. The van der Waals surface area contributed by atoms with Gasteiger partial charge in [0.25, 0.3) is 5.91 Å². The number of hydrogen-bond acceptors (Lipinski definition) is 5. The van der Waals surface area contributed by atoms with Gasteiger partial charge < -0.3 is 19.1 Å². The van der Waals surface area contributed by atoms with Crippen molar-refractivity contribution in [3.05, 3.63) is 39.0 Å². The SMILES string of the molecule is COC(=O)C1=C(C)N(C)C(=O)/C1=C\c1cc2c(cc1Br)OCO2. The van der Waals surface area contributed by atoms with E-state index in [4.69, 9.17) is 14.2 Å². The molecule has 2 heterocycles. The summed E-state index contributed by atoms with van der Waals surface area (Å²) in [6, 6.07) is 3.53. The lowest BCUT2D eigenvalue weighted by atomic mass is 10.0. The number of esters is 1. The van der Waals surface area contributed by atoms with Gasteiger partial charge in [0.05, 0.1) is 18.3 Å². The number of carbonyl (C=O) groups excluding carboxylic acids is 2. The lowest BCUT2D eigenvalue weighted by molar-refractivity contribution is -0.136. The summed E-state index contributed by atoms with van der Waals surface area (Å²) < 4.78 is 16.2. The van der Waals surface area contributed by atoms with Gasteiger partial charge in [-0.15, -0.1) is 0 Å². The van der Waals surface area contributed by atoms with Crippen molar-refractivity contribution >= 4 is 33.9 Å². The summed E-state index contributed by atoms with van der Waals surface area (Å²) in [6.07, 6.45) is 1.65. The smallest absolute Gasteiger partial charge is 0.340 e. The van der Waals surface area contributed by atoms with Gasteiger partial charge in [-0.3, -0.25) is 4.79 Å². The van der Waals surface area contributed by atoms with E-state index in [2.05, 4.69) is 15.9 Å². The molecule has 0 aromatic heterocycles. The van der Waals surface area contributed by atoms with Crippen molar-refractivity contribution in [3.63, 3.8) is 0 Å². The molecule has 0 aliphatic carbocycles. The highest BCUT2D eigenvalue weighted by molar-refractivity contribution is 9.10. The Morgan fingerprint density at radius 1 is 1.35 bits per heavy atom. The number of amides is 1. The molecule has 0 saturated heterocycles. The van der Waals surface area contributed by atoms with Gasteiger partial charge in [0, 0.05) is 17.2 Å². The zero-order chi connectivity index (χ0) is 16.7. The molecule has 2 aliphatic heterocycles. The first-order valence-electron chi connectivity index (χ1n) is 6.82. The molecule has 0 saturated carbocycles. The van der Waals surface area contributed by atoms with Crippen LogP contribution in [0.1, 0.15) is 12.5 Å². The summed E-state index contributed by atoms with van der Waals surface area (Å²) in [4.78, 5) is 25.9. The molecule has 120 valence electrons. The largest absolute Gasteiger partial charge is 0.465 e. The molecule has 2 aliphatic rings. The van der Waals surface area contributed by atoms with Crippen molar-refractivity contribution in [1.82, 2.24) is 4.90 Å². The molecule has 1 aromatic rings. The first-order valence-corrected chi connectivity index (χ1v) is 7.61. The first kappa shape index (κ1) is 15.6. The van der Waals surface area contributed by atoms with E-state index in [1.54, 1.807) is 32.2 Å². The van der Waals surface area contributed by atoms with E-state index < -0.39 is 5.97 Å². The zero-order valence-corrected chi connectivity index (χ0v) is 14.4. The Hall–Kier alpha value is -2.28. The van der Waals surface area contributed by atoms with Gasteiger partial charge in [0.1, 0.15) is 0 Å². The van der Waals surface area contributed by atoms with Gasteiger partial charge in [-0.1, -0.05) is 15.9 Å². The Morgan fingerprint density at radius 2 is 2.00 bits per heavy atom. The Kier molecular flexibility index (Phi) is 3.89. The molecule has 0 fully saturated rings. The Morgan fingerprint density at radius 3 is 2.65 bits per heavy atom. The lowest BCUT2D eigenvalue weighted by Crippen LogP contribution is -2.19. The number of carbonyl (C=O) groups is 2. The van der Waals surface area contributed by atoms with Crippen molar-refractivity contribution in [3.8, 4) is 11.5 Å². The van der Waals surface area contributed by atoms with Crippen LogP contribution in [-0.4, -0.2) is 37.7 Å². The summed E-state index contributed by atoms with van der Waals surface area (Å²) >= 11 is 3.44. The molecule has 0 atom stereocenters. The number of nitrogens with zero attached hydrogens (tertiary/aromatic N) is 1. The van der Waals surface area contributed by atoms with Crippen molar-refractivity contribution in [1.29, 1.82) is 0 Å². The number of methoxy groups -OCH3 is 1. The molecule has 23 heavy (non-hydrogen) atoms. The van der Waals surface area contributed by atoms with Crippen LogP contribution in [0.2, 0.25) is 0 Å². The van der Waals surface area contributed by atoms with Gasteiger partial charge in [0.2, 0.25) is 6.79 Å². The fourth-order valence-corrected chi connectivity index (χ4v) is 2.93. The van der Waals surface area contributed by atoms with Crippen molar-refractivity contribution < 1.29 is 23.8 Å². The predicted octanol–water partition coefficient (Wildman–Crippen LogP) is 2.48. The van der Waals surface area contributed by atoms with Crippen LogP contribution in [0.5, 0.6) is 11.5 Å². The fourth-order valence-electron chi connectivity index (χ4n) is 2.50. The molecular weight excluding hydrogens is 366 g/mol. The number of likely N-dealkylation sites (N-methyl/N-ethyl adjacent to an activating group) is 1. The minimum atomic E-state index is -0.539. The van der Waals surface area contributed by atoms with Gasteiger partial charge >= 0.3 is 5.97 Å². The maximum Gasteiger partial charge on any atom is 0.340 e. The molecule has 0 spiro atoms.